The topological polar surface area (TPSA) is 84.7 Å². The highest BCUT2D eigenvalue weighted by molar-refractivity contribution is 7.99. The van der Waals surface area contributed by atoms with E-state index in [-0.39, 0.29) is 5.69 Å². The van der Waals surface area contributed by atoms with Crippen molar-refractivity contribution in [1.29, 1.82) is 0 Å². The van der Waals surface area contributed by atoms with Gasteiger partial charge < -0.3 is 0 Å². The van der Waals surface area contributed by atoms with Gasteiger partial charge in [0.15, 0.2) is 0 Å². The molecule has 0 fully saturated rings. The molecule has 17 heavy (non-hydrogen) atoms. The van der Waals surface area contributed by atoms with Gasteiger partial charge in [-0.05, 0) is 24.8 Å². The number of nitrogens with zero attached hydrogens (tertiary/aromatic N) is 3. The molecule has 1 aromatic carbocycles. The van der Waals surface area contributed by atoms with Gasteiger partial charge in [0.1, 0.15) is 10.7 Å². The van der Waals surface area contributed by atoms with Crippen molar-refractivity contribution in [3.05, 3.63) is 39.2 Å². The van der Waals surface area contributed by atoms with Gasteiger partial charge in [-0.25, -0.2) is 4.98 Å². The van der Waals surface area contributed by atoms with E-state index >= 15 is 0 Å². The largest absolute Gasteiger partial charge is 0.284 e. The summed E-state index contributed by atoms with van der Waals surface area (Å²) in [5.41, 5.74) is -0.0510. The predicted molar refractivity (Wildman–Crippen MR) is 63.3 cm³/mol. The molecule has 0 unspecified atom stereocenters. The molecule has 0 saturated carbocycles. The number of aromatic nitrogens is 3. The molecule has 6 nitrogen and oxygen atoms in total. The minimum absolute atomic E-state index is 0.0510. The Bertz CT molecular complexity index is 572. The van der Waals surface area contributed by atoms with E-state index in [1.807, 2.05) is 0 Å². The number of aryl methyl sites for hydroxylation is 1. The summed E-state index contributed by atoms with van der Waals surface area (Å²) in [6, 6.07) is 4.53. The molecule has 2 aromatic rings. The number of halogens is 1. The first kappa shape index (κ1) is 11.9. The standard InChI is InChI=1S/C9H7ClN4O2S/c1-5-11-9(13-12-5)17-8-6(10)3-2-4-7(8)14(15)16/h2-4H,1H3,(H,11,12,13). The van der Waals surface area contributed by atoms with Crippen molar-refractivity contribution < 1.29 is 4.92 Å². The van der Waals surface area contributed by atoms with Crippen LogP contribution in [0.25, 0.3) is 0 Å². The van der Waals surface area contributed by atoms with Crippen molar-refractivity contribution >= 4 is 29.1 Å². The minimum atomic E-state index is -0.478. The number of nitrogens with one attached hydrogen (secondary N) is 1. The van der Waals surface area contributed by atoms with Gasteiger partial charge in [-0.2, -0.15) is 0 Å². The molecule has 0 aliphatic carbocycles. The maximum Gasteiger partial charge on any atom is 0.284 e. The van der Waals surface area contributed by atoms with Crippen molar-refractivity contribution in [2.45, 2.75) is 17.0 Å². The van der Waals surface area contributed by atoms with Gasteiger partial charge in [0, 0.05) is 6.07 Å². The molecule has 0 radical (unpaired) electrons. The first-order valence-electron chi connectivity index (χ1n) is 4.57. The molecular formula is C9H7ClN4O2S. The summed E-state index contributed by atoms with van der Waals surface area (Å²) in [4.78, 5) is 14.8. The second-order valence-electron chi connectivity index (χ2n) is 3.15. The Morgan fingerprint density at radius 3 is 2.88 bits per heavy atom. The first-order valence-corrected chi connectivity index (χ1v) is 5.77. The van der Waals surface area contributed by atoms with Crippen LogP contribution in [0.15, 0.2) is 28.3 Å². The quantitative estimate of drug-likeness (QED) is 0.685. The fraction of sp³-hybridized carbons (Fsp3) is 0.111. The first-order chi connectivity index (χ1) is 8.08. The van der Waals surface area contributed by atoms with Crippen LogP contribution in [-0.2, 0) is 0 Å². The highest BCUT2D eigenvalue weighted by atomic mass is 35.5. The molecule has 0 bridgehead atoms. The van der Waals surface area contributed by atoms with Crippen molar-refractivity contribution in [2.75, 3.05) is 0 Å². The molecular weight excluding hydrogens is 264 g/mol. The third-order valence-corrected chi connectivity index (χ3v) is 3.34. The lowest BCUT2D eigenvalue weighted by atomic mass is 10.3. The van der Waals surface area contributed by atoms with Crippen LogP contribution >= 0.6 is 23.4 Å². The summed E-state index contributed by atoms with van der Waals surface area (Å²) >= 11 is 7.00. The zero-order valence-corrected chi connectivity index (χ0v) is 10.2. The van der Waals surface area contributed by atoms with Crippen LogP contribution in [0.4, 0.5) is 5.69 Å². The molecule has 0 saturated heterocycles. The number of benzene rings is 1. The van der Waals surface area contributed by atoms with Gasteiger partial charge in [-0.1, -0.05) is 17.7 Å². The van der Waals surface area contributed by atoms with Crippen LogP contribution < -0.4 is 0 Å². The van der Waals surface area contributed by atoms with E-state index in [9.17, 15) is 10.1 Å². The highest BCUT2D eigenvalue weighted by Gasteiger charge is 2.19. The van der Waals surface area contributed by atoms with Gasteiger partial charge in [0.05, 0.1) is 9.95 Å². The number of hydrogen-bond acceptors (Lipinski definition) is 5. The lowest BCUT2D eigenvalue weighted by Gasteiger charge is -2.01. The molecule has 2 rings (SSSR count). The molecule has 0 spiro atoms. The summed E-state index contributed by atoms with van der Waals surface area (Å²) < 4.78 is 0. The van der Waals surface area contributed by atoms with E-state index < -0.39 is 4.92 Å². The second kappa shape index (κ2) is 4.72. The van der Waals surface area contributed by atoms with E-state index in [2.05, 4.69) is 15.2 Å². The van der Waals surface area contributed by atoms with E-state index in [4.69, 9.17) is 11.6 Å². The average molecular weight is 271 g/mol. The van der Waals surface area contributed by atoms with Gasteiger partial charge in [-0.15, -0.1) is 5.10 Å². The summed E-state index contributed by atoms with van der Waals surface area (Å²) in [5, 5.41) is 18.1. The molecule has 0 atom stereocenters. The Morgan fingerprint density at radius 2 is 2.29 bits per heavy atom. The van der Waals surface area contributed by atoms with Crippen molar-refractivity contribution in [2.24, 2.45) is 0 Å². The van der Waals surface area contributed by atoms with Crippen LogP contribution in [0.1, 0.15) is 5.82 Å². The van der Waals surface area contributed by atoms with Crippen molar-refractivity contribution in [3.8, 4) is 0 Å². The lowest BCUT2D eigenvalue weighted by molar-refractivity contribution is -0.387. The Balaban J connectivity index is 2.40. The lowest BCUT2D eigenvalue weighted by Crippen LogP contribution is -1.91. The second-order valence-corrected chi connectivity index (χ2v) is 4.54. The molecule has 88 valence electrons. The number of H-pyrrole nitrogens is 1. The number of aromatic amines is 1. The molecule has 1 aromatic heterocycles. The van der Waals surface area contributed by atoms with Gasteiger partial charge in [-0.3, -0.25) is 15.2 Å². The van der Waals surface area contributed by atoms with Crippen molar-refractivity contribution in [1.82, 2.24) is 15.2 Å². The molecule has 8 heteroatoms. The minimum Gasteiger partial charge on any atom is -0.262 e. The Labute approximate surface area is 106 Å². The van der Waals surface area contributed by atoms with E-state index in [1.165, 1.54) is 12.1 Å². The Hall–Kier alpha value is -1.60. The van der Waals surface area contributed by atoms with E-state index in [1.54, 1.807) is 13.0 Å². The summed E-state index contributed by atoms with van der Waals surface area (Å²) in [5.74, 6) is 0.641. The third-order valence-electron chi connectivity index (χ3n) is 1.91. The molecule has 1 heterocycles. The molecule has 0 aliphatic heterocycles. The number of rotatable bonds is 3. The summed E-state index contributed by atoms with van der Waals surface area (Å²) in [6.07, 6.45) is 0. The maximum absolute atomic E-state index is 10.9. The predicted octanol–water partition coefficient (Wildman–Crippen LogP) is 2.83. The fourth-order valence-electron chi connectivity index (χ4n) is 1.20. The van der Waals surface area contributed by atoms with Crippen LogP contribution in [0, 0.1) is 17.0 Å². The fourth-order valence-corrected chi connectivity index (χ4v) is 2.36. The summed E-state index contributed by atoms with van der Waals surface area (Å²) in [7, 11) is 0. The van der Waals surface area contributed by atoms with Crippen molar-refractivity contribution in [3.63, 3.8) is 0 Å². The number of hydrogen-bond donors (Lipinski definition) is 1. The molecule has 0 amide bonds. The SMILES string of the molecule is Cc1nc(Sc2c(Cl)cccc2[N+](=O)[O-])n[nH]1. The number of nitro groups is 1. The Kier molecular flexibility index (Phi) is 3.30. The normalized spacial score (nSPS) is 10.5. The van der Waals surface area contributed by atoms with Crippen LogP contribution in [0.3, 0.4) is 0 Å². The monoisotopic (exact) mass is 270 g/mol. The summed E-state index contributed by atoms with van der Waals surface area (Å²) in [6.45, 7) is 1.75. The van der Waals surface area contributed by atoms with Gasteiger partial charge in [0.25, 0.3) is 5.69 Å². The number of nitro benzene ring substituents is 1. The average Bonchev–Trinajstić information content (AvgIpc) is 2.67. The smallest absolute Gasteiger partial charge is 0.262 e. The van der Waals surface area contributed by atoms with Crippen LogP contribution in [0.5, 0.6) is 0 Å². The maximum atomic E-state index is 10.9. The van der Waals surface area contributed by atoms with Crippen LogP contribution in [-0.4, -0.2) is 20.1 Å². The highest BCUT2D eigenvalue weighted by Crippen LogP contribution is 2.38. The van der Waals surface area contributed by atoms with Gasteiger partial charge >= 0.3 is 0 Å². The third kappa shape index (κ3) is 2.56. The molecule has 1 N–H and O–H groups in total. The Morgan fingerprint density at radius 1 is 1.53 bits per heavy atom. The molecule has 0 aliphatic rings. The zero-order valence-electron chi connectivity index (χ0n) is 8.68. The van der Waals surface area contributed by atoms with Gasteiger partial charge in [0.2, 0.25) is 5.16 Å². The van der Waals surface area contributed by atoms with E-state index in [0.717, 1.165) is 11.8 Å². The van der Waals surface area contributed by atoms with E-state index in [0.29, 0.717) is 20.9 Å². The zero-order chi connectivity index (χ0) is 12.4. The van der Waals surface area contributed by atoms with Crippen LogP contribution in [0.2, 0.25) is 5.02 Å².